The van der Waals surface area contributed by atoms with Crippen molar-refractivity contribution in [3.63, 3.8) is 0 Å². The lowest BCUT2D eigenvalue weighted by atomic mass is 9.83. The summed E-state index contributed by atoms with van der Waals surface area (Å²) in [5, 5.41) is 10.3. The molecule has 0 radical (unpaired) electrons. The Hall–Kier alpha value is -5.20. The SMILES string of the molecule is c1ccc(-c2ccc3c(ccc4c3ccc3c(-c5ccccc5)c5ccccc5c(-c5ccccc5)c34)c2)cc1. The average Bonchev–Trinajstić information content (AvgIpc) is 3.04. The van der Waals surface area contributed by atoms with Crippen molar-refractivity contribution in [1.82, 2.24) is 0 Å². The molecule has 0 aliphatic rings. The van der Waals surface area contributed by atoms with Gasteiger partial charge in [-0.15, -0.1) is 0 Å². The van der Waals surface area contributed by atoms with E-state index < -0.39 is 0 Å². The maximum absolute atomic E-state index is 2.35. The Balaban J connectivity index is 1.53. The van der Waals surface area contributed by atoms with Crippen LogP contribution >= 0.6 is 0 Å². The standard InChI is InChI=1S/C40H26/c1-4-12-27(13-5-1)30-20-22-32-31(26-30)21-23-36-33(32)24-25-37-38(28-14-6-2-7-15-28)34-18-10-11-19-35(34)39(40(36)37)29-16-8-3-9-17-29/h1-26H. The highest BCUT2D eigenvalue weighted by Crippen LogP contribution is 2.47. The lowest BCUT2D eigenvalue weighted by Crippen LogP contribution is -1.92. The highest BCUT2D eigenvalue weighted by Gasteiger charge is 2.19. The molecule has 8 rings (SSSR count). The molecule has 0 saturated heterocycles. The third-order valence-corrected chi connectivity index (χ3v) is 8.23. The molecule has 8 aromatic rings. The van der Waals surface area contributed by atoms with Crippen LogP contribution < -0.4 is 0 Å². The first-order valence-electron chi connectivity index (χ1n) is 13.9. The van der Waals surface area contributed by atoms with E-state index in [9.17, 15) is 0 Å². The van der Waals surface area contributed by atoms with Gasteiger partial charge in [-0.3, -0.25) is 0 Å². The van der Waals surface area contributed by atoms with Crippen molar-refractivity contribution in [2.24, 2.45) is 0 Å². The van der Waals surface area contributed by atoms with Gasteiger partial charge in [0.2, 0.25) is 0 Å². The van der Waals surface area contributed by atoms with Gasteiger partial charge in [-0.2, -0.15) is 0 Å². The van der Waals surface area contributed by atoms with E-state index in [4.69, 9.17) is 0 Å². The van der Waals surface area contributed by atoms with Crippen LogP contribution in [0.1, 0.15) is 0 Å². The lowest BCUT2D eigenvalue weighted by Gasteiger charge is -2.20. The molecule has 0 nitrogen and oxygen atoms in total. The van der Waals surface area contributed by atoms with E-state index in [0.717, 1.165) is 0 Å². The minimum absolute atomic E-state index is 1.24. The molecule has 186 valence electrons. The summed E-state index contributed by atoms with van der Waals surface area (Å²) < 4.78 is 0. The molecule has 0 heteroatoms. The van der Waals surface area contributed by atoms with E-state index in [2.05, 4.69) is 158 Å². The third kappa shape index (κ3) is 3.54. The quantitative estimate of drug-likeness (QED) is 0.165. The van der Waals surface area contributed by atoms with Crippen LogP contribution in [0.15, 0.2) is 158 Å². The smallest absolute Gasteiger partial charge is 0.00139 e. The van der Waals surface area contributed by atoms with Crippen LogP contribution in [0.2, 0.25) is 0 Å². The van der Waals surface area contributed by atoms with Crippen LogP contribution in [0, 0.1) is 0 Å². The fraction of sp³-hybridized carbons (Fsp3) is 0. The molecule has 40 heavy (non-hydrogen) atoms. The van der Waals surface area contributed by atoms with Crippen molar-refractivity contribution in [3.8, 4) is 33.4 Å². The highest BCUT2D eigenvalue weighted by atomic mass is 14.2. The van der Waals surface area contributed by atoms with E-state index in [1.807, 2.05) is 0 Å². The van der Waals surface area contributed by atoms with Gasteiger partial charge < -0.3 is 0 Å². The number of hydrogen-bond donors (Lipinski definition) is 0. The molecule has 0 heterocycles. The van der Waals surface area contributed by atoms with Crippen LogP contribution in [-0.2, 0) is 0 Å². The molecule has 0 aromatic heterocycles. The predicted molar refractivity (Wildman–Crippen MR) is 173 cm³/mol. The van der Waals surface area contributed by atoms with Crippen LogP contribution in [0.4, 0.5) is 0 Å². The first kappa shape index (κ1) is 22.8. The summed E-state index contributed by atoms with van der Waals surface area (Å²) >= 11 is 0. The van der Waals surface area contributed by atoms with Gasteiger partial charge in [0.15, 0.2) is 0 Å². The van der Waals surface area contributed by atoms with Crippen molar-refractivity contribution in [1.29, 1.82) is 0 Å². The molecular weight excluding hydrogens is 480 g/mol. The molecule has 0 fully saturated rings. The Morgan fingerprint density at radius 1 is 0.250 bits per heavy atom. The van der Waals surface area contributed by atoms with E-state index >= 15 is 0 Å². The summed E-state index contributed by atoms with van der Waals surface area (Å²) in [7, 11) is 0. The number of benzene rings is 8. The summed E-state index contributed by atoms with van der Waals surface area (Å²) in [5.74, 6) is 0. The van der Waals surface area contributed by atoms with Crippen molar-refractivity contribution < 1.29 is 0 Å². The first-order chi connectivity index (χ1) is 19.9. The summed E-state index contributed by atoms with van der Waals surface area (Å²) in [6, 6.07) is 57.5. The first-order valence-corrected chi connectivity index (χ1v) is 13.9. The summed E-state index contributed by atoms with van der Waals surface area (Å²) in [4.78, 5) is 0. The summed E-state index contributed by atoms with van der Waals surface area (Å²) in [6.45, 7) is 0. The third-order valence-electron chi connectivity index (χ3n) is 8.23. The van der Waals surface area contributed by atoms with Crippen LogP contribution in [-0.4, -0.2) is 0 Å². The molecule has 0 aliphatic heterocycles. The fourth-order valence-corrected chi connectivity index (χ4v) is 6.45. The second kappa shape index (κ2) is 9.22. The zero-order chi connectivity index (χ0) is 26.5. The van der Waals surface area contributed by atoms with Gasteiger partial charge in [0.1, 0.15) is 0 Å². The zero-order valence-corrected chi connectivity index (χ0v) is 22.0. The summed E-state index contributed by atoms with van der Waals surface area (Å²) in [5.41, 5.74) is 7.58. The van der Waals surface area contributed by atoms with E-state index in [-0.39, 0.29) is 0 Å². The molecule has 0 atom stereocenters. The second-order valence-corrected chi connectivity index (χ2v) is 10.5. The van der Waals surface area contributed by atoms with Crippen LogP contribution in [0.25, 0.3) is 76.5 Å². The molecule has 0 amide bonds. The number of hydrogen-bond acceptors (Lipinski definition) is 0. The van der Waals surface area contributed by atoms with Gasteiger partial charge in [-0.1, -0.05) is 152 Å². The maximum Gasteiger partial charge on any atom is -0.00139 e. The predicted octanol–water partition coefficient (Wildman–Crippen LogP) is 11.3. The molecule has 0 N–H and O–H groups in total. The Morgan fingerprint density at radius 2 is 0.750 bits per heavy atom. The van der Waals surface area contributed by atoms with E-state index in [0.29, 0.717) is 0 Å². The molecular formula is C40H26. The molecule has 0 spiro atoms. The van der Waals surface area contributed by atoms with Gasteiger partial charge in [-0.05, 0) is 82.5 Å². The average molecular weight is 507 g/mol. The number of rotatable bonds is 3. The fourth-order valence-electron chi connectivity index (χ4n) is 6.45. The number of fused-ring (bicyclic) bond motifs is 6. The van der Waals surface area contributed by atoms with Crippen molar-refractivity contribution >= 4 is 43.1 Å². The molecule has 0 saturated carbocycles. The molecule has 0 bridgehead atoms. The van der Waals surface area contributed by atoms with E-state index in [1.54, 1.807) is 0 Å². The Morgan fingerprint density at radius 3 is 1.43 bits per heavy atom. The van der Waals surface area contributed by atoms with Crippen molar-refractivity contribution in [2.75, 3.05) is 0 Å². The van der Waals surface area contributed by atoms with Gasteiger partial charge in [-0.25, -0.2) is 0 Å². The van der Waals surface area contributed by atoms with E-state index in [1.165, 1.54) is 76.5 Å². The zero-order valence-electron chi connectivity index (χ0n) is 22.0. The topological polar surface area (TPSA) is 0 Å². The Kier molecular flexibility index (Phi) is 5.24. The normalized spacial score (nSPS) is 11.5. The largest absolute Gasteiger partial charge is 0.0622 e. The lowest BCUT2D eigenvalue weighted by molar-refractivity contribution is 1.65. The molecule has 8 aromatic carbocycles. The van der Waals surface area contributed by atoms with Crippen LogP contribution in [0.3, 0.4) is 0 Å². The van der Waals surface area contributed by atoms with Gasteiger partial charge >= 0.3 is 0 Å². The maximum atomic E-state index is 2.35. The second-order valence-electron chi connectivity index (χ2n) is 10.5. The molecule has 0 unspecified atom stereocenters. The van der Waals surface area contributed by atoms with Crippen LogP contribution in [0.5, 0.6) is 0 Å². The van der Waals surface area contributed by atoms with Crippen molar-refractivity contribution in [3.05, 3.63) is 158 Å². The molecule has 0 aliphatic carbocycles. The van der Waals surface area contributed by atoms with Crippen molar-refractivity contribution in [2.45, 2.75) is 0 Å². The van der Waals surface area contributed by atoms with Gasteiger partial charge in [0.25, 0.3) is 0 Å². The van der Waals surface area contributed by atoms with Gasteiger partial charge in [0, 0.05) is 0 Å². The minimum Gasteiger partial charge on any atom is -0.0622 e. The minimum atomic E-state index is 1.24. The Labute approximate surface area is 233 Å². The van der Waals surface area contributed by atoms with Gasteiger partial charge in [0.05, 0.1) is 0 Å². The monoisotopic (exact) mass is 506 g/mol. The Bertz CT molecular complexity index is 2170. The summed E-state index contributed by atoms with van der Waals surface area (Å²) in [6.07, 6.45) is 0. The highest BCUT2D eigenvalue weighted by molar-refractivity contribution is 6.30.